The number of hydrogen-bond acceptors (Lipinski definition) is 4. The number of anilines is 1. The van der Waals surface area contributed by atoms with Crippen LogP contribution in [0.5, 0.6) is 5.75 Å². The van der Waals surface area contributed by atoms with E-state index in [1.807, 2.05) is 54.7 Å². The number of nitrogens with zero attached hydrogens (tertiary/aromatic N) is 1. The van der Waals surface area contributed by atoms with Crippen molar-refractivity contribution in [3.8, 4) is 17.0 Å². The molecule has 0 spiro atoms. The first-order valence-corrected chi connectivity index (χ1v) is 15.4. The molecule has 1 atom stereocenters. The molecule has 2 heterocycles. The molecule has 42 heavy (non-hydrogen) atoms. The Bertz CT molecular complexity index is 1780. The minimum atomic E-state index is -0.139. The summed E-state index contributed by atoms with van der Waals surface area (Å²) in [5.41, 5.74) is 6.70. The average molecular weight is 596 g/mol. The SMILES string of the molecule is COc1ccc2[nH]c(-c3ccccc3)c(C=Nc3sc4c(c3C(=O)Nc3ccc(Cl)cc3)CC[C@H](C(C)(C)C)C4)c2c1. The fourth-order valence-electron chi connectivity index (χ4n) is 5.77. The summed E-state index contributed by atoms with van der Waals surface area (Å²) in [7, 11) is 1.67. The number of amides is 1. The van der Waals surface area contributed by atoms with Crippen molar-refractivity contribution in [1.29, 1.82) is 0 Å². The van der Waals surface area contributed by atoms with E-state index < -0.39 is 0 Å². The number of ether oxygens (including phenoxy) is 1. The Kier molecular flexibility index (Phi) is 7.69. The highest BCUT2D eigenvalue weighted by molar-refractivity contribution is 7.16. The summed E-state index contributed by atoms with van der Waals surface area (Å²) in [6.45, 7) is 6.92. The fraction of sp³-hybridized carbons (Fsp3) is 0.257. The monoisotopic (exact) mass is 595 g/mol. The molecule has 0 unspecified atom stereocenters. The van der Waals surface area contributed by atoms with E-state index in [2.05, 4.69) is 43.2 Å². The first-order valence-electron chi connectivity index (χ1n) is 14.2. The third-order valence-corrected chi connectivity index (χ3v) is 9.63. The van der Waals surface area contributed by atoms with Crippen molar-refractivity contribution in [2.75, 3.05) is 12.4 Å². The molecule has 0 saturated heterocycles. The zero-order valence-corrected chi connectivity index (χ0v) is 25.8. The van der Waals surface area contributed by atoms with E-state index in [0.717, 1.165) is 63.3 Å². The zero-order valence-electron chi connectivity index (χ0n) is 24.3. The second kappa shape index (κ2) is 11.4. The van der Waals surface area contributed by atoms with Gasteiger partial charge >= 0.3 is 0 Å². The second-order valence-corrected chi connectivity index (χ2v) is 13.4. The third-order valence-electron chi connectivity index (χ3n) is 8.22. The second-order valence-electron chi connectivity index (χ2n) is 11.9. The lowest BCUT2D eigenvalue weighted by atomic mass is 9.72. The highest BCUT2D eigenvalue weighted by atomic mass is 35.5. The van der Waals surface area contributed by atoms with E-state index in [4.69, 9.17) is 21.3 Å². The molecule has 1 aliphatic rings. The number of aromatic nitrogens is 1. The molecule has 214 valence electrons. The summed E-state index contributed by atoms with van der Waals surface area (Å²) < 4.78 is 5.54. The van der Waals surface area contributed by atoms with Crippen LogP contribution in [-0.2, 0) is 12.8 Å². The highest BCUT2D eigenvalue weighted by Gasteiger charge is 2.33. The molecule has 0 fully saturated rings. The molecule has 6 rings (SSSR count). The maximum Gasteiger partial charge on any atom is 0.259 e. The number of methoxy groups -OCH3 is 1. The first-order chi connectivity index (χ1) is 20.2. The largest absolute Gasteiger partial charge is 0.497 e. The van der Waals surface area contributed by atoms with Crippen LogP contribution in [0.15, 0.2) is 77.8 Å². The van der Waals surface area contributed by atoms with Gasteiger partial charge in [0.15, 0.2) is 0 Å². The van der Waals surface area contributed by atoms with Crippen molar-refractivity contribution in [2.45, 2.75) is 40.0 Å². The summed E-state index contributed by atoms with van der Waals surface area (Å²) in [5.74, 6) is 1.19. The molecule has 1 aliphatic carbocycles. The molecular weight excluding hydrogens is 562 g/mol. The topological polar surface area (TPSA) is 66.5 Å². The van der Waals surface area contributed by atoms with Crippen LogP contribution in [0, 0.1) is 11.3 Å². The lowest BCUT2D eigenvalue weighted by Crippen LogP contribution is -2.27. The van der Waals surface area contributed by atoms with E-state index >= 15 is 0 Å². The van der Waals surface area contributed by atoms with Gasteiger partial charge in [-0.3, -0.25) is 4.79 Å². The number of carbonyl (C=O) groups is 1. The van der Waals surface area contributed by atoms with Crippen molar-refractivity contribution in [1.82, 2.24) is 4.98 Å². The number of benzene rings is 3. The van der Waals surface area contributed by atoms with Gasteiger partial charge in [-0.15, -0.1) is 11.3 Å². The maximum absolute atomic E-state index is 13.8. The summed E-state index contributed by atoms with van der Waals surface area (Å²) in [6, 6.07) is 23.4. The Labute approximate surface area is 255 Å². The molecule has 5 nitrogen and oxygen atoms in total. The smallest absolute Gasteiger partial charge is 0.259 e. The van der Waals surface area contributed by atoms with Gasteiger partial charge in [0.2, 0.25) is 0 Å². The zero-order chi connectivity index (χ0) is 29.4. The Morgan fingerprint density at radius 3 is 2.57 bits per heavy atom. The number of halogens is 1. The van der Waals surface area contributed by atoms with E-state index in [0.29, 0.717) is 22.2 Å². The molecule has 5 aromatic rings. The van der Waals surface area contributed by atoms with E-state index in [-0.39, 0.29) is 11.3 Å². The van der Waals surface area contributed by atoms with Crippen molar-refractivity contribution in [3.63, 3.8) is 0 Å². The van der Waals surface area contributed by atoms with Gasteiger partial charge in [0, 0.05) is 38.3 Å². The van der Waals surface area contributed by atoms with Crippen molar-refractivity contribution >= 4 is 56.7 Å². The number of aromatic amines is 1. The van der Waals surface area contributed by atoms with Crippen LogP contribution in [0.1, 0.15) is 53.6 Å². The number of thiophene rings is 1. The van der Waals surface area contributed by atoms with E-state index in [1.54, 1.807) is 30.6 Å². The van der Waals surface area contributed by atoms with Crippen molar-refractivity contribution < 1.29 is 9.53 Å². The van der Waals surface area contributed by atoms with Crippen molar-refractivity contribution in [3.05, 3.63) is 99.4 Å². The van der Waals surface area contributed by atoms with Gasteiger partial charge in [-0.2, -0.15) is 0 Å². The Hall–Kier alpha value is -3.87. The summed E-state index contributed by atoms with van der Waals surface area (Å²) in [4.78, 5) is 23.7. The van der Waals surface area contributed by atoms with Gasteiger partial charge in [0.1, 0.15) is 10.8 Å². The number of H-pyrrole nitrogens is 1. The standard InChI is InChI=1S/C35H34ClN3O2S/c1-35(2,3)22-10-16-26-30(18-22)42-34(31(26)33(40)38-24-13-11-23(36)12-14-24)37-20-28-27-19-25(41-4)15-17-29(27)39-32(28)21-8-6-5-7-9-21/h5-9,11-15,17,19-20,22,39H,10,16,18H2,1-4H3,(H,38,40)/t22-/m0/s1. The maximum atomic E-state index is 13.8. The average Bonchev–Trinajstić information content (AvgIpc) is 3.54. The molecule has 2 aromatic heterocycles. The number of aliphatic imine (C=N–C) groups is 1. The molecule has 1 amide bonds. The lowest BCUT2D eigenvalue weighted by Gasteiger charge is -2.33. The van der Waals surface area contributed by atoms with E-state index in [1.165, 1.54) is 4.88 Å². The predicted molar refractivity (Wildman–Crippen MR) is 176 cm³/mol. The molecular formula is C35H34ClN3O2S. The van der Waals surface area contributed by atoms with Crippen LogP contribution in [0.2, 0.25) is 5.02 Å². The Morgan fingerprint density at radius 2 is 1.86 bits per heavy atom. The number of carbonyl (C=O) groups excluding carboxylic acids is 1. The van der Waals surface area contributed by atoms with Crippen LogP contribution in [-0.4, -0.2) is 24.2 Å². The minimum absolute atomic E-state index is 0.139. The van der Waals surface area contributed by atoms with Gasteiger partial charge in [-0.25, -0.2) is 4.99 Å². The summed E-state index contributed by atoms with van der Waals surface area (Å²) in [6.07, 6.45) is 4.78. The number of fused-ring (bicyclic) bond motifs is 2. The van der Waals surface area contributed by atoms with Crippen LogP contribution >= 0.6 is 22.9 Å². The summed E-state index contributed by atoms with van der Waals surface area (Å²) >= 11 is 7.73. The lowest BCUT2D eigenvalue weighted by molar-refractivity contribution is 0.102. The highest BCUT2D eigenvalue weighted by Crippen LogP contribution is 2.45. The number of rotatable bonds is 6. The van der Waals surface area contributed by atoms with Crippen LogP contribution in [0.3, 0.4) is 0 Å². The molecule has 0 bridgehead atoms. The van der Waals surface area contributed by atoms with Gasteiger partial charge < -0.3 is 15.0 Å². The van der Waals surface area contributed by atoms with E-state index in [9.17, 15) is 4.79 Å². The van der Waals surface area contributed by atoms with Crippen LogP contribution < -0.4 is 10.1 Å². The molecule has 3 aromatic carbocycles. The summed E-state index contributed by atoms with van der Waals surface area (Å²) in [5, 5.41) is 5.47. The molecule has 0 aliphatic heterocycles. The number of nitrogens with one attached hydrogen (secondary N) is 2. The Morgan fingerprint density at radius 1 is 1.10 bits per heavy atom. The quantitative estimate of drug-likeness (QED) is 0.192. The van der Waals surface area contributed by atoms with Gasteiger partial charge in [-0.05, 0) is 84.2 Å². The molecule has 7 heteroatoms. The van der Waals surface area contributed by atoms with Gasteiger partial charge in [0.25, 0.3) is 5.91 Å². The van der Waals surface area contributed by atoms with Crippen LogP contribution in [0.4, 0.5) is 10.7 Å². The number of hydrogen-bond donors (Lipinski definition) is 2. The molecule has 2 N–H and O–H groups in total. The predicted octanol–water partition coefficient (Wildman–Crippen LogP) is 9.71. The first kappa shape index (κ1) is 28.3. The Balaban J connectivity index is 1.46. The van der Waals surface area contributed by atoms with Gasteiger partial charge in [0.05, 0.1) is 18.4 Å². The van der Waals surface area contributed by atoms with Gasteiger partial charge in [-0.1, -0.05) is 62.7 Å². The van der Waals surface area contributed by atoms with Crippen LogP contribution in [0.25, 0.3) is 22.2 Å². The molecule has 0 radical (unpaired) electrons. The molecule has 0 saturated carbocycles. The third kappa shape index (κ3) is 5.61. The van der Waals surface area contributed by atoms with Crippen molar-refractivity contribution in [2.24, 2.45) is 16.3 Å². The normalized spacial score (nSPS) is 15.2. The minimum Gasteiger partial charge on any atom is -0.497 e. The fourth-order valence-corrected chi connectivity index (χ4v) is 7.17.